The zero-order valence-electron chi connectivity index (χ0n) is 17.6. The largest absolute Gasteiger partial charge is 0.451 e. The van der Waals surface area contributed by atoms with Gasteiger partial charge >= 0.3 is 6.18 Å². The molecule has 0 saturated carbocycles. The number of halogens is 3. The van der Waals surface area contributed by atoms with Crippen molar-refractivity contribution in [2.75, 3.05) is 18.8 Å². The van der Waals surface area contributed by atoms with Crippen LogP contribution in [0.1, 0.15) is 53.8 Å². The maximum absolute atomic E-state index is 12.8. The summed E-state index contributed by atoms with van der Waals surface area (Å²) in [6, 6.07) is -0.688. The first-order valence-corrected chi connectivity index (χ1v) is 11.0. The number of anilines is 1. The number of nitrogen functional groups attached to an aromatic ring is 1. The lowest BCUT2D eigenvalue weighted by molar-refractivity contribution is -0.145. The van der Waals surface area contributed by atoms with Crippen molar-refractivity contribution in [1.82, 2.24) is 29.8 Å². The Morgan fingerprint density at radius 3 is 2.56 bits per heavy atom. The van der Waals surface area contributed by atoms with Crippen molar-refractivity contribution in [3.8, 4) is 0 Å². The summed E-state index contributed by atoms with van der Waals surface area (Å²) in [6.45, 7) is 4.21. The van der Waals surface area contributed by atoms with Gasteiger partial charge in [-0.05, 0) is 57.0 Å². The predicted octanol–water partition coefficient (Wildman–Crippen LogP) is 2.23. The van der Waals surface area contributed by atoms with Crippen LogP contribution in [-0.4, -0.2) is 55.4 Å². The Balaban J connectivity index is 1.49. The topological polar surface area (TPSA) is 127 Å². The maximum atomic E-state index is 12.8. The van der Waals surface area contributed by atoms with Crippen LogP contribution in [0, 0.1) is 12.8 Å². The van der Waals surface area contributed by atoms with E-state index in [9.17, 15) is 22.8 Å². The van der Waals surface area contributed by atoms with Crippen molar-refractivity contribution in [2.45, 2.75) is 51.7 Å². The number of likely N-dealkylation sites (tertiary alicyclic amines) is 1. The number of hydrogen-bond acceptors (Lipinski definition) is 8. The molecule has 2 amide bonds. The van der Waals surface area contributed by atoms with Gasteiger partial charge in [0.1, 0.15) is 11.9 Å². The number of nitrogens with zero attached hydrogens (tertiary/aromatic N) is 5. The molecule has 0 unspecified atom stereocenters. The Morgan fingerprint density at radius 1 is 1.31 bits per heavy atom. The standard InChI is InChI=1S/C19H24F3N7O2S/c1-10-13(15(23)26-18(25-10)19(20,21)22)4-3-12-5-7-29(8-6-12)17(31)11(2)24-16(30)14-9-32-28-27-14/h9,11-12H,3-8H2,1-2H3,(H,24,30)(H2,23,25,26)/t11-/m0/s1. The second-order valence-corrected chi connectivity index (χ2v) is 8.40. The van der Waals surface area contributed by atoms with E-state index in [0.29, 0.717) is 37.4 Å². The summed E-state index contributed by atoms with van der Waals surface area (Å²) in [4.78, 5) is 33.4. The lowest BCUT2D eigenvalue weighted by Crippen LogP contribution is -2.49. The molecular formula is C19H24F3N7O2S. The van der Waals surface area contributed by atoms with Crippen LogP contribution < -0.4 is 11.1 Å². The van der Waals surface area contributed by atoms with Gasteiger partial charge in [-0.1, -0.05) is 4.49 Å². The second-order valence-electron chi connectivity index (χ2n) is 7.79. The average Bonchev–Trinajstić information content (AvgIpc) is 3.27. The Hall–Kier alpha value is -2.83. The highest BCUT2D eigenvalue weighted by atomic mass is 32.1. The highest BCUT2D eigenvalue weighted by Gasteiger charge is 2.36. The fourth-order valence-electron chi connectivity index (χ4n) is 3.71. The lowest BCUT2D eigenvalue weighted by atomic mass is 9.90. The van der Waals surface area contributed by atoms with E-state index in [1.807, 2.05) is 0 Å². The smallest absolute Gasteiger partial charge is 0.383 e. The van der Waals surface area contributed by atoms with Gasteiger partial charge in [-0.2, -0.15) is 13.2 Å². The SMILES string of the molecule is Cc1nc(C(F)(F)F)nc(N)c1CCC1CCN(C(=O)[C@H](C)NC(=O)c2csnn2)CC1. The zero-order valence-corrected chi connectivity index (χ0v) is 18.5. The molecule has 3 rings (SSSR count). The maximum Gasteiger partial charge on any atom is 0.451 e. The van der Waals surface area contributed by atoms with Crippen LogP contribution in [0.15, 0.2) is 5.38 Å². The third-order valence-electron chi connectivity index (χ3n) is 5.54. The molecule has 1 fully saturated rings. The fraction of sp³-hybridized carbons (Fsp3) is 0.579. The molecule has 3 N–H and O–H groups in total. The van der Waals surface area contributed by atoms with E-state index in [0.717, 1.165) is 24.4 Å². The third-order valence-corrected chi connectivity index (χ3v) is 6.04. The normalized spacial score (nSPS) is 16.1. The third kappa shape index (κ3) is 5.69. The Kier molecular flexibility index (Phi) is 7.26. The first-order chi connectivity index (χ1) is 15.1. The summed E-state index contributed by atoms with van der Waals surface area (Å²) in [7, 11) is 0. The molecule has 3 heterocycles. The fourth-order valence-corrected chi connectivity index (χ4v) is 4.15. The zero-order chi connectivity index (χ0) is 23.5. The van der Waals surface area contributed by atoms with Gasteiger partial charge in [0.05, 0.1) is 0 Å². The molecule has 174 valence electrons. The van der Waals surface area contributed by atoms with Gasteiger partial charge in [-0.25, -0.2) is 9.97 Å². The highest BCUT2D eigenvalue weighted by Crippen LogP contribution is 2.30. The molecule has 1 atom stereocenters. The minimum atomic E-state index is -4.63. The summed E-state index contributed by atoms with van der Waals surface area (Å²) < 4.78 is 42.1. The first-order valence-electron chi connectivity index (χ1n) is 10.1. The molecule has 2 aromatic heterocycles. The van der Waals surface area contributed by atoms with E-state index in [1.165, 1.54) is 12.3 Å². The number of nitrogens with two attached hydrogens (primary N) is 1. The van der Waals surface area contributed by atoms with Gasteiger partial charge in [0.2, 0.25) is 11.7 Å². The molecule has 0 radical (unpaired) electrons. The van der Waals surface area contributed by atoms with Gasteiger partial charge in [0.15, 0.2) is 5.69 Å². The van der Waals surface area contributed by atoms with Gasteiger partial charge in [0, 0.05) is 29.7 Å². The number of nitrogens with one attached hydrogen (secondary N) is 1. The van der Waals surface area contributed by atoms with Crippen molar-refractivity contribution < 1.29 is 22.8 Å². The molecule has 0 aromatic carbocycles. The molecule has 1 saturated heterocycles. The molecule has 9 nitrogen and oxygen atoms in total. The van der Waals surface area contributed by atoms with Gasteiger partial charge < -0.3 is 16.0 Å². The van der Waals surface area contributed by atoms with Crippen molar-refractivity contribution in [1.29, 1.82) is 0 Å². The van der Waals surface area contributed by atoms with E-state index in [4.69, 9.17) is 5.73 Å². The van der Waals surface area contributed by atoms with E-state index in [1.54, 1.807) is 11.8 Å². The summed E-state index contributed by atoms with van der Waals surface area (Å²) >= 11 is 1.06. The van der Waals surface area contributed by atoms with Gasteiger partial charge in [-0.15, -0.1) is 5.10 Å². The van der Waals surface area contributed by atoms with Crippen LogP contribution in [0.4, 0.5) is 19.0 Å². The number of carbonyl (C=O) groups is 2. The minimum Gasteiger partial charge on any atom is -0.383 e. The molecule has 1 aliphatic rings. The van der Waals surface area contributed by atoms with Crippen LogP contribution in [0.25, 0.3) is 0 Å². The van der Waals surface area contributed by atoms with Crippen LogP contribution in [0.2, 0.25) is 0 Å². The number of carbonyl (C=O) groups excluding carboxylic acids is 2. The number of hydrogen-bond donors (Lipinski definition) is 2. The molecule has 0 bridgehead atoms. The molecule has 13 heteroatoms. The number of alkyl halides is 3. The molecule has 1 aliphatic heterocycles. The van der Waals surface area contributed by atoms with E-state index in [-0.39, 0.29) is 23.1 Å². The molecule has 0 spiro atoms. The van der Waals surface area contributed by atoms with E-state index in [2.05, 4.69) is 24.9 Å². The van der Waals surface area contributed by atoms with Crippen LogP contribution in [0.5, 0.6) is 0 Å². The van der Waals surface area contributed by atoms with Crippen LogP contribution >= 0.6 is 11.5 Å². The Morgan fingerprint density at radius 2 is 2.00 bits per heavy atom. The molecule has 32 heavy (non-hydrogen) atoms. The van der Waals surface area contributed by atoms with Gasteiger partial charge in [0.25, 0.3) is 5.91 Å². The van der Waals surface area contributed by atoms with Crippen molar-refractivity contribution in [2.24, 2.45) is 5.92 Å². The highest BCUT2D eigenvalue weighted by molar-refractivity contribution is 7.03. The second kappa shape index (κ2) is 9.76. The summed E-state index contributed by atoms with van der Waals surface area (Å²) in [5.74, 6) is -1.68. The Labute approximate surface area is 186 Å². The quantitative estimate of drug-likeness (QED) is 0.661. The van der Waals surface area contributed by atoms with Crippen molar-refractivity contribution >= 4 is 29.2 Å². The van der Waals surface area contributed by atoms with Crippen LogP contribution in [0.3, 0.4) is 0 Å². The number of piperidine rings is 1. The Bertz CT molecular complexity index is 937. The van der Waals surface area contributed by atoms with Crippen molar-refractivity contribution in [3.05, 3.63) is 28.2 Å². The van der Waals surface area contributed by atoms with Gasteiger partial charge in [-0.3, -0.25) is 9.59 Å². The molecule has 2 aromatic rings. The summed E-state index contributed by atoms with van der Waals surface area (Å²) in [5, 5.41) is 7.82. The molecular weight excluding hydrogens is 447 g/mol. The summed E-state index contributed by atoms with van der Waals surface area (Å²) in [5.41, 5.74) is 6.70. The monoisotopic (exact) mass is 471 g/mol. The van der Waals surface area contributed by atoms with E-state index >= 15 is 0 Å². The van der Waals surface area contributed by atoms with Crippen LogP contribution in [-0.2, 0) is 17.4 Å². The molecule has 0 aliphatic carbocycles. The van der Waals surface area contributed by atoms with Crippen molar-refractivity contribution in [3.63, 3.8) is 0 Å². The lowest BCUT2D eigenvalue weighted by Gasteiger charge is -2.33. The summed E-state index contributed by atoms with van der Waals surface area (Å²) in [6.07, 6.45) is -1.94. The predicted molar refractivity (Wildman–Crippen MR) is 111 cm³/mol. The minimum absolute atomic E-state index is 0.141. The average molecular weight is 472 g/mol. The first kappa shape index (κ1) is 23.8. The number of rotatable bonds is 6. The van der Waals surface area contributed by atoms with E-state index < -0.39 is 23.9 Å². The number of amides is 2. The number of aryl methyl sites for hydroxylation is 1. The number of aromatic nitrogens is 4.